The third-order valence-electron chi connectivity index (χ3n) is 3.52. The zero-order valence-electron chi connectivity index (χ0n) is 11.7. The van der Waals surface area contributed by atoms with E-state index < -0.39 is 5.82 Å². The molecule has 5 heteroatoms. The molecule has 1 aliphatic rings. The van der Waals surface area contributed by atoms with Gasteiger partial charge in [-0.2, -0.15) is 0 Å². The maximum atomic E-state index is 13.5. The predicted molar refractivity (Wildman–Crippen MR) is 76.0 cm³/mol. The molecular weight excluding hydrogens is 259 g/mol. The number of carbonyl (C=O) groups is 1. The third kappa shape index (κ3) is 3.36. The van der Waals surface area contributed by atoms with E-state index in [1.165, 1.54) is 19.3 Å². The molecule has 0 aromatic heterocycles. The first-order chi connectivity index (χ1) is 9.61. The lowest BCUT2D eigenvalue weighted by Gasteiger charge is -2.22. The second kappa shape index (κ2) is 6.52. The zero-order chi connectivity index (χ0) is 14.5. The van der Waals surface area contributed by atoms with E-state index >= 15 is 0 Å². The van der Waals surface area contributed by atoms with Gasteiger partial charge >= 0.3 is 0 Å². The van der Waals surface area contributed by atoms with Gasteiger partial charge in [-0.25, -0.2) is 4.39 Å². The molecule has 1 amide bonds. The number of hydrogen-bond donors (Lipinski definition) is 1. The molecule has 1 fully saturated rings. The molecule has 1 aliphatic heterocycles. The summed E-state index contributed by atoms with van der Waals surface area (Å²) in [4.78, 5) is 13.7. The van der Waals surface area contributed by atoms with Crippen LogP contribution in [0.2, 0.25) is 0 Å². The Kier molecular flexibility index (Phi) is 4.74. The molecule has 1 aromatic rings. The lowest BCUT2D eigenvalue weighted by Crippen LogP contribution is -2.37. The van der Waals surface area contributed by atoms with E-state index in [2.05, 4.69) is 5.32 Å². The molecule has 0 aliphatic carbocycles. The highest BCUT2D eigenvalue weighted by Crippen LogP contribution is 2.18. The number of amides is 1. The quantitative estimate of drug-likeness (QED) is 0.852. The van der Waals surface area contributed by atoms with Crippen molar-refractivity contribution in [1.29, 1.82) is 0 Å². The van der Waals surface area contributed by atoms with Crippen LogP contribution in [0.5, 0.6) is 5.75 Å². The van der Waals surface area contributed by atoms with Gasteiger partial charge in [-0.05, 0) is 36.7 Å². The molecule has 108 valence electrons. The van der Waals surface area contributed by atoms with Crippen molar-refractivity contribution in [3.05, 3.63) is 35.7 Å². The Labute approximate surface area is 118 Å². The van der Waals surface area contributed by atoms with Crippen LogP contribution in [0.25, 0.3) is 6.08 Å². The number of ether oxygens (including phenoxy) is 1. The minimum Gasteiger partial charge on any atom is -0.494 e. The Balaban J connectivity index is 2.01. The van der Waals surface area contributed by atoms with E-state index in [1.54, 1.807) is 30.2 Å². The van der Waals surface area contributed by atoms with E-state index in [4.69, 9.17) is 4.74 Å². The highest BCUT2D eigenvalue weighted by atomic mass is 19.1. The van der Waals surface area contributed by atoms with E-state index in [-0.39, 0.29) is 17.7 Å². The molecule has 1 saturated heterocycles. The molecule has 1 N–H and O–H groups in total. The fourth-order valence-corrected chi connectivity index (χ4v) is 2.22. The van der Waals surface area contributed by atoms with Crippen LogP contribution >= 0.6 is 0 Å². The summed E-state index contributed by atoms with van der Waals surface area (Å²) in [5.41, 5.74) is 0.634. The first-order valence-corrected chi connectivity index (χ1v) is 6.61. The minimum absolute atomic E-state index is 0.0741. The number of nitrogens with zero attached hydrogens (tertiary/aromatic N) is 1. The summed E-state index contributed by atoms with van der Waals surface area (Å²) in [6.45, 7) is 1.77. The second-order valence-electron chi connectivity index (χ2n) is 4.82. The first kappa shape index (κ1) is 14.5. The Bertz CT molecular complexity index is 511. The van der Waals surface area contributed by atoms with Crippen LogP contribution in [0.3, 0.4) is 0 Å². The highest BCUT2D eigenvalue weighted by molar-refractivity contribution is 5.91. The molecule has 20 heavy (non-hydrogen) atoms. The fourth-order valence-electron chi connectivity index (χ4n) is 2.22. The minimum atomic E-state index is -0.435. The number of hydrogen-bond acceptors (Lipinski definition) is 3. The Morgan fingerprint density at radius 1 is 1.55 bits per heavy atom. The smallest absolute Gasteiger partial charge is 0.246 e. The Morgan fingerprint density at radius 3 is 2.95 bits per heavy atom. The summed E-state index contributed by atoms with van der Waals surface area (Å²) in [6, 6.07) is 4.84. The summed E-state index contributed by atoms with van der Waals surface area (Å²) >= 11 is 0. The van der Waals surface area contributed by atoms with Crippen molar-refractivity contribution in [3.8, 4) is 5.75 Å². The molecular formula is C15H19FN2O2. The largest absolute Gasteiger partial charge is 0.494 e. The Morgan fingerprint density at radius 2 is 2.35 bits per heavy atom. The van der Waals surface area contributed by atoms with Crippen LogP contribution in [0.1, 0.15) is 12.0 Å². The molecule has 4 nitrogen and oxygen atoms in total. The van der Waals surface area contributed by atoms with Gasteiger partial charge in [0, 0.05) is 25.7 Å². The van der Waals surface area contributed by atoms with E-state index in [9.17, 15) is 9.18 Å². The summed E-state index contributed by atoms with van der Waals surface area (Å²) in [5.74, 6) is -0.312. The van der Waals surface area contributed by atoms with Crippen molar-refractivity contribution in [1.82, 2.24) is 10.2 Å². The molecule has 0 saturated carbocycles. The zero-order valence-corrected chi connectivity index (χ0v) is 11.7. The van der Waals surface area contributed by atoms with Crippen LogP contribution in [0, 0.1) is 5.82 Å². The number of benzene rings is 1. The van der Waals surface area contributed by atoms with Crippen molar-refractivity contribution in [3.63, 3.8) is 0 Å². The molecule has 1 unspecified atom stereocenters. The van der Waals surface area contributed by atoms with Gasteiger partial charge in [0.2, 0.25) is 5.91 Å². The summed E-state index contributed by atoms with van der Waals surface area (Å²) in [5, 5.41) is 3.22. The topological polar surface area (TPSA) is 41.6 Å². The number of halogens is 1. The average Bonchev–Trinajstić information content (AvgIpc) is 2.98. The molecule has 2 rings (SSSR count). The molecule has 1 heterocycles. The SMILES string of the molecule is COc1ccc(/C=C/C(=O)N(C)C2CCNC2)cc1F. The Hall–Kier alpha value is -1.88. The summed E-state index contributed by atoms with van der Waals surface area (Å²) < 4.78 is 18.4. The van der Waals surface area contributed by atoms with Crippen LogP contribution in [0.15, 0.2) is 24.3 Å². The van der Waals surface area contributed by atoms with Crippen molar-refractivity contribution >= 4 is 12.0 Å². The van der Waals surface area contributed by atoms with Crippen molar-refractivity contribution in [2.75, 3.05) is 27.2 Å². The standard InChI is InChI=1S/C15H19FN2O2/c1-18(12-7-8-17-10-12)15(19)6-4-11-3-5-14(20-2)13(16)9-11/h3-6,9,12,17H,7-8,10H2,1-2H3/b6-4+. The van der Waals surface area contributed by atoms with Gasteiger partial charge in [-0.1, -0.05) is 6.07 Å². The monoisotopic (exact) mass is 278 g/mol. The first-order valence-electron chi connectivity index (χ1n) is 6.61. The van der Waals surface area contributed by atoms with Gasteiger partial charge in [-0.3, -0.25) is 4.79 Å². The van der Waals surface area contributed by atoms with Crippen LogP contribution in [-0.4, -0.2) is 44.1 Å². The number of carbonyl (C=O) groups excluding carboxylic acids is 1. The molecule has 1 atom stereocenters. The van der Waals surface area contributed by atoms with Crippen LogP contribution < -0.4 is 10.1 Å². The summed E-state index contributed by atoms with van der Waals surface area (Å²) in [6.07, 6.45) is 4.05. The van der Waals surface area contributed by atoms with Gasteiger partial charge in [-0.15, -0.1) is 0 Å². The maximum Gasteiger partial charge on any atom is 0.246 e. The lowest BCUT2D eigenvalue weighted by molar-refractivity contribution is -0.126. The number of rotatable bonds is 4. The molecule has 1 aromatic carbocycles. The van der Waals surface area contributed by atoms with Crippen LogP contribution in [-0.2, 0) is 4.79 Å². The van der Waals surface area contributed by atoms with E-state index in [1.807, 2.05) is 0 Å². The maximum absolute atomic E-state index is 13.5. The lowest BCUT2D eigenvalue weighted by atomic mass is 10.2. The van der Waals surface area contributed by atoms with Gasteiger partial charge in [0.1, 0.15) is 0 Å². The number of likely N-dealkylation sites (N-methyl/N-ethyl adjacent to an activating group) is 1. The van der Waals surface area contributed by atoms with Crippen molar-refractivity contribution in [2.45, 2.75) is 12.5 Å². The molecule has 0 bridgehead atoms. The van der Waals surface area contributed by atoms with Crippen LogP contribution in [0.4, 0.5) is 4.39 Å². The van der Waals surface area contributed by atoms with Gasteiger partial charge in [0.25, 0.3) is 0 Å². The number of methoxy groups -OCH3 is 1. The predicted octanol–water partition coefficient (Wildman–Crippen LogP) is 1.67. The van der Waals surface area contributed by atoms with Crippen molar-refractivity contribution in [2.24, 2.45) is 0 Å². The van der Waals surface area contributed by atoms with E-state index in [0.717, 1.165) is 19.5 Å². The molecule has 0 spiro atoms. The normalized spacial score (nSPS) is 18.4. The molecule has 0 radical (unpaired) electrons. The van der Waals surface area contributed by atoms with Gasteiger partial charge < -0.3 is 15.0 Å². The van der Waals surface area contributed by atoms with Gasteiger partial charge in [0.15, 0.2) is 11.6 Å². The number of nitrogens with one attached hydrogen (secondary N) is 1. The third-order valence-corrected chi connectivity index (χ3v) is 3.52. The highest BCUT2D eigenvalue weighted by Gasteiger charge is 2.21. The fraction of sp³-hybridized carbons (Fsp3) is 0.400. The van der Waals surface area contributed by atoms with E-state index in [0.29, 0.717) is 5.56 Å². The second-order valence-corrected chi connectivity index (χ2v) is 4.82. The summed E-state index contributed by atoms with van der Waals surface area (Å²) in [7, 11) is 3.21. The van der Waals surface area contributed by atoms with Crippen molar-refractivity contribution < 1.29 is 13.9 Å². The van der Waals surface area contributed by atoms with Gasteiger partial charge in [0.05, 0.1) is 7.11 Å². The average molecular weight is 278 g/mol.